The van der Waals surface area contributed by atoms with Gasteiger partial charge in [-0.15, -0.1) is 0 Å². The van der Waals surface area contributed by atoms with Crippen LogP contribution in [0.25, 0.3) is 0 Å². The molecular weight excluding hydrogens is 270 g/mol. The van der Waals surface area contributed by atoms with E-state index in [-0.39, 0.29) is 6.04 Å². The maximum atomic E-state index is 11.5. The highest BCUT2D eigenvalue weighted by atomic mass is 79.9. The van der Waals surface area contributed by atoms with Crippen LogP contribution in [0.5, 0.6) is 0 Å². The molecule has 1 unspecified atom stereocenters. The number of halogens is 1. The monoisotopic (exact) mass is 289 g/mol. The molecule has 0 aliphatic carbocycles. The Hall–Kier alpha value is -0.690. The van der Waals surface area contributed by atoms with Gasteiger partial charge in [0.2, 0.25) is 0 Å². The van der Waals surface area contributed by atoms with Crippen molar-refractivity contribution in [3.8, 4) is 10.8 Å². The summed E-state index contributed by atoms with van der Waals surface area (Å²) in [5, 5.41) is 2.74. The van der Waals surface area contributed by atoms with E-state index in [2.05, 4.69) is 45.8 Å². The van der Waals surface area contributed by atoms with Gasteiger partial charge in [-0.1, -0.05) is 19.8 Å². The van der Waals surface area contributed by atoms with Gasteiger partial charge in [0.1, 0.15) is 5.60 Å². The van der Waals surface area contributed by atoms with E-state index >= 15 is 0 Å². The number of nitrogens with one attached hydrogen (secondary N) is 1. The van der Waals surface area contributed by atoms with Crippen LogP contribution in [0.3, 0.4) is 0 Å². The Morgan fingerprint density at radius 1 is 1.44 bits per heavy atom. The van der Waals surface area contributed by atoms with Crippen molar-refractivity contribution in [2.75, 3.05) is 0 Å². The highest BCUT2D eigenvalue weighted by Gasteiger charge is 2.18. The fourth-order valence-electron chi connectivity index (χ4n) is 1.14. The van der Waals surface area contributed by atoms with E-state index in [9.17, 15) is 4.79 Å². The van der Waals surface area contributed by atoms with Gasteiger partial charge >= 0.3 is 6.09 Å². The summed E-state index contributed by atoms with van der Waals surface area (Å²) in [7, 11) is 0. The van der Waals surface area contributed by atoms with Gasteiger partial charge in [-0.05, 0) is 37.9 Å². The van der Waals surface area contributed by atoms with Crippen LogP contribution in [0.15, 0.2) is 0 Å². The third-order valence-corrected chi connectivity index (χ3v) is 1.86. The molecule has 0 fully saturated rings. The number of carbonyl (C=O) groups excluding carboxylic acids is 1. The van der Waals surface area contributed by atoms with Crippen molar-refractivity contribution in [1.82, 2.24) is 5.32 Å². The molecule has 4 heteroatoms. The third kappa shape index (κ3) is 8.60. The molecule has 0 heterocycles. The quantitative estimate of drug-likeness (QED) is 0.810. The van der Waals surface area contributed by atoms with E-state index in [1.807, 2.05) is 20.8 Å². The molecule has 0 spiro atoms. The maximum Gasteiger partial charge on any atom is 0.408 e. The van der Waals surface area contributed by atoms with Gasteiger partial charge < -0.3 is 10.1 Å². The maximum absolute atomic E-state index is 11.5. The van der Waals surface area contributed by atoms with E-state index in [0.29, 0.717) is 5.92 Å². The minimum Gasteiger partial charge on any atom is -0.444 e. The predicted octanol–water partition coefficient (Wildman–Crippen LogP) is 3.28. The first-order chi connectivity index (χ1) is 7.24. The van der Waals surface area contributed by atoms with Crippen molar-refractivity contribution >= 4 is 22.0 Å². The smallest absolute Gasteiger partial charge is 0.408 e. The predicted molar refractivity (Wildman–Crippen MR) is 69.3 cm³/mol. The molecule has 0 aliphatic heterocycles. The van der Waals surface area contributed by atoms with Gasteiger partial charge in [-0.2, -0.15) is 0 Å². The average molecular weight is 290 g/mol. The summed E-state index contributed by atoms with van der Waals surface area (Å²) in [5.74, 6) is 3.35. The van der Waals surface area contributed by atoms with Crippen LogP contribution in [-0.2, 0) is 4.74 Å². The molecule has 1 amide bonds. The molecule has 0 saturated heterocycles. The zero-order valence-corrected chi connectivity index (χ0v) is 12.1. The molecule has 0 aromatic carbocycles. The standard InChI is InChI=1S/C12H20BrNO2/c1-9(2)8-10(6-7-13)14-11(15)16-12(3,4)5/h9-10H,8H2,1-5H3,(H,14,15). The Labute approximate surface area is 106 Å². The SMILES string of the molecule is CC(C)CC(C#CBr)NC(=O)OC(C)(C)C. The minimum atomic E-state index is -0.478. The largest absolute Gasteiger partial charge is 0.444 e. The fraction of sp³-hybridized carbons (Fsp3) is 0.750. The van der Waals surface area contributed by atoms with Crippen LogP contribution in [0.1, 0.15) is 41.0 Å². The number of hydrogen-bond acceptors (Lipinski definition) is 2. The molecule has 16 heavy (non-hydrogen) atoms. The second-order valence-corrected chi connectivity index (χ2v) is 5.46. The Morgan fingerprint density at radius 3 is 2.38 bits per heavy atom. The summed E-state index contributed by atoms with van der Waals surface area (Å²) in [6.07, 6.45) is 0.381. The molecule has 0 bridgehead atoms. The molecule has 1 N–H and O–H groups in total. The Balaban J connectivity index is 4.28. The van der Waals surface area contributed by atoms with Crippen molar-refractivity contribution in [1.29, 1.82) is 0 Å². The van der Waals surface area contributed by atoms with Crippen molar-refractivity contribution in [3.05, 3.63) is 0 Å². The van der Waals surface area contributed by atoms with E-state index in [0.717, 1.165) is 6.42 Å². The first-order valence-electron chi connectivity index (χ1n) is 5.35. The van der Waals surface area contributed by atoms with E-state index < -0.39 is 11.7 Å². The zero-order chi connectivity index (χ0) is 12.8. The van der Waals surface area contributed by atoms with Gasteiger partial charge in [-0.25, -0.2) is 4.79 Å². The van der Waals surface area contributed by atoms with Gasteiger partial charge in [0.05, 0.1) is 6.04 Å². The highest BCUT2D eigenvalue weighted by molar-refractivity contribution is 9.12. The van der Waals surface area contributed by atoms with Crippen molar-refractivity contribution in [3.63, 3.8) is 0 Å². The van der Waals surface area contributed by atoms with Crippen molar-refractivity contribution < 1.29 is 9.53 Å². The Bertz CT molecular complexity index is 284. The Morgan fingerprint density at radius 2 is 2.00 bits per heavy atom. The molecule has 0 aromatic heterocycles. The number of rotatable bonds is 3. The molecule has 92 valence electrons. The topological polar surface area (TPSA) is 38.3 Å². The number of carbonyl (C=O) groups is 1. The minimum absolute atomic E-state index is 0.172. The van der Waals surface area contributed by atoms with Crippen LogP contribution in [0, 0.1) is 16.7 Å². The summed E-state index contributed by atoms with van der Waals surface area (Å²) in [4.78, 5) is 14.1. The summed E-state index contributed by atoms with van der Waals surface area (Å²) in [5.41, 5.74) is -0.478. The summed E-state index contributed by atoms with van der Waals surface area (Å²) in [6.45, 7) is 9.67. The normalized spacial score (nSPS) is 12.7. The van der Waals surface area contributed by atoms with Crippen molar-refractivity contribution in [2.24, 2.45) is 5.92 Å². The summed E-state index contributed by atoms with van der Waals surface area (Å²) in [6, 6.07) is -0.172. The second kappa shape index (κ2) is 6.80. The number of amides is 1. The van der Waals surface area contributed by atoms with Crippen LogP contribution in [0.2, 0.25) is 0 Å². The summed E-state index contributed by atoms with van der Waals surface area (Å²) >= 11 is 3.04. The average Bonchev–Trinajstić information content (AvgIpc) is 1.98. The lowest BCUT2D eigenvalue weighted by atomic mass is 10.0. The fourth-order valence-corrected chi connectivity index (χ4v) is 1.42. The van der Waals surface area contributed by atoms with E-state index in [4.69, 9.17) is 4.74 Å². The third-order valence-electron chi connectivity index (χ3n) is 1.63. The van der Waals surface area contributed by atoms with Gasteiger partial charge in [-0.3, -0.25) is 0 Å². The lowest BCUT2D eigenvalue weighted by Gasteiger charge is -2.22. The van der Waals surface area contributed by atoms with Crippen LogP contribution >= 0.6 is 15.9 Å². The first kappa shape index (κ1) is 15.3. The number of alkyl carbamates (subject to hydrolysis) is 1. The highest BCUT2D eigenvalue weighted by Crippen LogP contribution is 2.09. The molecule has 0 aliphatic rings. The number of ether oxygens (including phenoxy) is 1. The second-order valence-electron chi connectivity index (χ2n) is 5.07. The first-order valence-corrected chi connectivity index (χ1v) is 6.14. The zero-order valence-electron chi connectivity index (χ0n) is 10.6. The molecule has 1 atom stereocenters. The van der Waals surface area contributed by atoms with Crippen molar-refractivity contribution in [2.45, 2.75) is 52.7 Å². The molecule has 0 rings (SSSR count). The molecule has 0 aromatic rings. The lowest BCUT2D eigenvalue weighted by Crippen LogP contribution is -2.39. The van der Waals surface area contributed by atoms with Crippen LogP contribution in [-0.4, -0.2) is 17.7 Å². The summed E-state index contributed by atoms with van der Waals surface area (Å²) < 4.78 is 5.16. The van der Waals surface area contributed by atoms with Crippen LogP contribution in [0.4, 0.5) is 4.79 Å². The van der Waals surface area contributed by atoms with E-state index in [1.165, 1.54) is 0 Å². The van der Waals surface area contributed by atoms with E-state index in [1.54, 1.807) is 0 Å². The van der Waals surface area contributed by atoms with Gasteiger partial charge in [0, 0.05) is 15.9 Å². The van der Waals surface area contributed by atoms with Crippen LogP contribution < -0.4 is 5.32 Å². The molecular formula is C12H20BrNO2. The Kier molecular flexibility index (Phi) is 6.51. The lowest BCUT2D eigenvalue weighted by molar-refractivity contribution is 0.0512. The molecule has 0 saturated carbocycles. The number of hydrogen-bond donors (Lipinski definition) is 1. The molecule has 0 radical (unpaired) electrons. The van der Waals surface area contributed by atoms with Gasteiger partial charge in [0.15, 0.2) is 0 Å². The molecule has 3 nitrogen and oxygen atoms in total. The van der Waals surface area contributed by atoms with Gasteiger partial charge in [0.25, 0.3) is 0 Å².